The molecule has 0 bridgehead atoms. The fourth-order valence-electron chi connectivity index (χ4n) is 2.30. The second kappa shape index (κ2) is 9.93. The molecule has 2 rings (SSSR count). The minimum atomic E-state index is -0.377. The van der Waals surface area contributed by atoms with Crippen molar-refractivity contribution in [2.24, 2.45) is 0 Å². The SMILES string of the molecule is N#C/C(=C/NCc1ccccc1Cl)C(=O)NCCN1CCOCC1. The van der Waals surface area contributed by atoms with Crippen molar-refractivity contribution >= 4 is 17.5 Å². The summed E-state index contributed by atoms with van der Waals surface area (Å²) < 4.78 is 5.27. The minimum Gasteiger partial charge on any atom is -0.386 e. The van der Waals surface area contributed by atoms with Crippen LogP contribution in [0, 0.1) is 11.3 Å². The van der Waals surface area contributed by atoms with Crippen molar-refractivity contribution in [3.05, 3.63) is 46.6 Å². The lowest BCUT2D eigenvalue weighted by molar-refractivity contribution is -0.117. The molecule has 24 heavy (non-hydrogen) atoms. The average Bonchev–Trinajstić information content (AvgIpc) is 2.61. The second-order valence-electron chi connectivity index (χ2n) is 5.35. The van der Waals surface area contributed by atoms with Gasteiger partial charge in [0.15, 0.2) is 0 Å². The topological polar surface area (TPSA) is 77.4 Å². The van der Waals surface area contributed by atoms with Gasteiger partial charge in [-0.15, -0.1) is 0 Å². The van der Waals surface area contributed by atoms with Crippen LogP contribution in [0.3, 0.4) is 0 Å². The van der Waals surface area contributed by atoms with Gasteiger partial charge in [-0.25, -0.2) is 0 Å². The number of benzene rings is 1. The Kier molecular flexibility index (Phi) is 7.56. The van der Waals surface area contributed by atoms with Gasteiger partial charge in [-0.3, -0.25) is 9.69 Å². The van der Waals surface area contributed by atoms with Gasteiger partial charge in [-0.1, -0.05) is 29.8 Å². The third kappa shape index (κ3) is 5.85. The largest absolute Gasteiger partial charge is 0.386 e. The molecule has 1 aromatic carbocycles. The zero-order valence-electron chi connectivity index (χ0n) is 13.4. The first-order valence-electron chi connectivity index (χ1n) is 7.86. The van der Waals surface area contributed by atoms with E-state index in [4.69, 9.17) is 21.6 Å². The molecule has 2 N–H and O–H groups in total. The van der Waals surface area contributed by atoms with Gasteiger partial charge in [0.05, 0.1) is 13.2 Å². The summed E-state index contributed by atoms with van der Waals surface area (Å²) in [5.41, 5.74) is 0.949. The molecule has 0 radical (unpaired) electrons. The van der Waals surface area contributed by atoms with E-state index in [-0.39, 0.29) is 11.5 Å². The number of ether oxygens (including phenoxy) is 1. The number of rotatable bonds is 7. The third-order valence-electron chi connectivity index (χ3n) is 3.68. The molecule has 0 aliphatic carbocycles. The number of hydrogen-bond donors (Lipinski definition) is 2. The summed E-state index contributed by atoms with van der Waals surface area (Å²) >= 11 is 6.06. The summed E-state index contributed by atoms with van der Waals surface area (Å²) in [6, 6.07) is 9.33. The van der Waals surface area contributed by atoms with Crippen molar-refractivity contribution in [1.29, 1.82) is 5.26 Å². The van der Waals surface area contributed by atoms with Gasteiger partial charge in [0.1, 0.15) is 11.6 Å². The van der Waals surface area contributed by atoms with Gasteiger partial charge in [-0.2, -0.15) is 5.26 Å². The summed E-state index contributed by atoms with van der Waals surface area (Å²) in [7, 11) is 0. The first-order valence-corrected chi connectivity index (χ1v) is 8.24. The van der Waals surface area contributed by atoms with E-state index in [1.54, 1.807) is 6.07 Å². The van der Waals surface area contributed by atoms with Crippen molar-refractivity contribution in [2.75, 3.05) is 39.4 Å². The number of carbonyl (C=O) groups excluding carboxylic acids is 1. The monoisotopic (exact) mass is 348 g/mol. The van der Waals surface area contributed by atoms with Crippen molar-refractivity contribution in [3.63, 3.8) is 0 Å². The Balaban J connectivity index is 1.76. The van der Waals surface area contributed by atoms with E-state index < -0.39 is 0 Å². The van der Waals surface area contributed by atoms with Crippen LogP contribution in [-0.4, -0.2) is 50.2 Å². The van der Waals surface area contributed by atoms with E-state index in [1.165, 1.54) is 6.20 Å². The Morgan fingerprint density at radius 1 is 1.38 bits per heavy atom. The lowest BCUT2D eigenvalue weighted by Gasteiger charge is -2.26. The number of amides is 1. The van der Waals surface area contributed by atoms with E-state index in [0.29, 0.717) is 18.1 Å². The molecule has 0 unspecified atom stereocenters. The summed E-state index contributed by atoms with van der Waals surface area (Å²) in [6.45, 7) is 4.90. The molecule has 1 fully saturated rings. The smallest absolute Gasteiger partial charge is 0.263 e. The van der Waals surface area contributed by atoms with E-state index >= 15 is 0 Å². The maximum absolute atomic E-state index is 12.0. The minimum absolute atomic E-state index is 0.0454. The maximum atomic E-state index is 12.0. The standard InChI is InChI=1S/C17H21ClN4O2/c18-16-4-2-1-3-14(16)12-20-13-15(11-19)17(23)21-5-6-22-7-9-24-10-8-22/h1-4,13,20H,5-10,12H2,(H,21,23)/b15-13-. The second-order valence-corrected chi connectivity index (χ2v) is 5.76. The summed E-state index contributed by atoms with van der Waals surface area (Å²) in [5, 5.41) is 15.5. The Hall–Kier alpha value is -2.07. The molecule has 1 heterocycles. The van der Waals surface area contributed by atoms with Crippen LogP contribution in [-0.2, 0) is 16.1 Å². The van der Waals surface area contributed by atoms with Crippen molar-refractivity contribution in [2.45, 2.75) is 6.54 Å². The van der Waals surface area contributed by atoms with E-state index in [1.807, 2.05) is 24.3 Å². The molecular formula is C17H21ClN4O2. The zero-order chi connectivity index (χ0) is 17.2. The number of nitriles is 1. The predicted octanol–water partition coefficient (Wildman–Crippen LogP) is 1.29. The molecule has 128 valence electrons. The molecule has 0 atom stereocenters. The Bertz CT molecular complexity index is 621. The van der Waals surface area contributed by atoms with Gasteiger partial charge in [0, 0.05) is 43.9 Å². The number of carbonyl (C=O) groups is 1. The van der Waals surface area contributed by atoms with Gasteiger partial charge >= 0.3 is 0 Å². The third-order valence-corrected chi connectivity index (χ3v) is 4.05. The molecule has 7 heteroatoms. The highest BCUT2D eigenvalue weighted by atomic mass is 35.5. The molecule has 1 amide bonds. The first-order chi connectivity index (χ1) is 11.7. The van der Waals surface area contributed by atoms with Crippen molar-refractivity contribution in [1.82, 2.24) is 15.5 Å². The molecule has 0 aromatic heterocycles. The maximum Gasteiger partial charge on any atom is 0.263 e. The molecule has 6 nitrogen and oxygen atoms in total. The molecular weight excluding hydrogens is 328 g/mol. The molecule has 1 aliphatic heterocycles. The van der Waals surface area contributed by atoms with Crippen LogP contribution in [0.4, 0.5) is 0 Å². The highest BCUT2D eigenvalue weighted by molar-refractivity contribution is 6.31. The van der Waals surface area contributed by atoms with Gasteiger partial charge < -0.3 is 15.4 Å². The Labute approximate surface area is 147 Å². The fourth-order valence-corrected chi connectivity index (χ4v) is 2.50. The Morgan fingerprint density at radius 3 is 2.83 bits per heavy atom. The molecule has 1 aliphatic rings. The van der Waals surface area contributed by atoms with Crippen molar-refractivity contribution in [3.8, 4) is 6.07 Å². The Morgan fingerprint density at radius 2 is 2.12 bits per heavy atom. The fraction of sp³-hybridized carbons (Fsp3) is 0.412. The summed E-state index contributed by atoms with van der Waals surface area (Å²) in [6.07, 6.45) is 1.42. The van der Waals surface area contributed by atoms with Crippen LogP contribution in [0.15, 0.2) is 36.0 Å². The number of halogens is 1. The van der Waals surface area contributed by atoms with Crippen LogP contribution < -0.4 is 10.6 Å². The average molecular weight is 349 g/mol. The molecule has 1 aromatic rings. The summed E-state index contributed by atoms with van der Waals surface area (Å²) in [5.74, 6) is -0.377. The number of hydrogen-bond acceptors (Lipinski definition) is 5. The van der Waals surface area contributed by atoms with E-state index in [9.17, 15) is 4.79 Å². The first kappa shape index (κ1) is 18.3. The summed E-state index contributed by atoms with van der Waals surface area (Å²) in [4.78, 5) is 14.2. The lowest BCUT2D eigenvalue weighted by atomic mass is 10.2. The van der Waals surface area contributed by atoms with Crippen LogP contribution >= 0.6 is 11.6 Å². The highest BCUT2D eigenvalue weighted by Crippen LogP contribution is 2.14. The lowest BCUT2D eigenvalue weighted by Crippen LogP contribution is -2.41. The van der Waals surface area contributed by atoms with Gasteiger partial charge in [0.2, 0.25) is 0 Å². The van der Waals surface area contributed by atoms with Crippen LogP contribution in [0.1, 0.15) is 5.56 Å². The normalized spacial score (nSPS) is 15.6. The number of nitrogens with one attached hydrogen (secondary N) is 2. The predicted molar refractivity (Wildman–Crippen MR) is 92.3 cm³/mol. The van der Waals surface area contributed by atoms with E-state index in [2.05, 4.69) is 15.5 Å². The molecule has 0 saturated carbocycles. The van der Waals surface area contributed by atoms with Crippen LogP contribution in [0.5, 0.6) is 0 Å². The highest BCUT2D eigenvalue weighted by Gasteiger charge is 2.12. The number of morpholine rings is 1. The zero-order valence-corrected chi connectivity index (χ0v) is 14.2. The molecule has 0 spiro atoms. The van der Waals surface area contributed by atoms with Crippen LogP contribution in [0.25, 0.3) is 0 Å². The number of nitrogens with zero attached hydrogens (tertiary/aromatic N) is 2. The van der Waals surface area contributed by atoms with Crippen molar-refractivity contribution < 1.29 is 9.53 Å². The van der Waals surface area contributed by atoms with Gasteiger partial charge in [-0.05, 0) is 11.6 Å². The quantitative estimate of drug-likeness (QED) is 0.573. The van der Waals surface area contributed by atoms with Crippen LogP contribution in [0.2, 0.25) is 5.02 Å². The van der Waals surface area contributed by atoms with Gasteiger partial charge in [0.25, 0.3) is 5.91 Å². The molecule has 1 saturated heterocycles. The van der Waals surface area contributed by atoms with E-state index in [0.717, 1.165) is 38.4 Å².